The lowest BCUT2D eigenvalue weighted by Crippen LogP contribution is -2.28. The first-order valence-electron chi connectivity index (χ1n) is 11.2. The molecule has 35 heavy (non-hydrogen) atoms. The molecule has 1 saturated heterocycles. The molecule has 0 N–H and O–H groups in total. The Morgan fingerprint density at radius 2 is 1.69 bits per heavy atom. The van der Waals surface area contributed by atoms with E-state index in [9.17, 15) is 14.9 Å². The average molecular weight is 503 g/mol. The minimum absolute atomic E-state index is 0.00646. The molecule has 5 rings (SSSR count). The molecule has 176 valence electrons. The Hall–Kier alpha value is -3.56. The third-order valence-corrected chi connectivity index (χ3v) is 7.94. The van der Waals surface area contributed by atoms with Crippen molar-refractivity contribution in [3.63, 3.8) is 0 Å². The van der Waals surface area contributed by atoms with Gasteiger partial charge in [0.15, 0.2) is 5.17 Å². The van der Waals surface area contributed by atoms with Gasteiger partial charge in [-0.15, -0.1) is 0 Å². The lowest BCUT2D eigenvalue weighted by Gasteiger charge is -2.19. The molecular weight excluding hydrogens is 480 g/mol. The van der Waals surface area contributed by atoms with Crippen LogP contribution in [0.5, 0.6) is 0 Å². The Morgan fingerprint density at radius 3 is 2.40 bits per heavy atom. The van der Waals surface area contributed by atoms with Crippen molar-refractivity contribution >= 4 is 62.4 Å². The summed E-state index contributed by atoms with van der Waals surface area (Å²) in [4.78, 5) is 33.8. The zero-order valence-corrected chi connectivity index (χ0v) is 20.8. The number of fused-ring (bicyclic) bond motifs is 3. The van der Waals surface area contributed by atoms with Crippen molar-refractivity contribution in [1.82, 2.24) is 4.90 Å². The normalized spacial score (nSPS) is 18.9. The predicted octanol–water partition coefficient (Wildman–Crippen LogP) is 6.69. The molecule has 7 nitrogen and oxygen atoms in total. The number of carbonyl (C=O) groups is 1. The fourth-order valence-electron chi connectivity index (χ4n) is 4.10. The molecule has 2 heterocycles. The number of hydrogen-bond donors (Lipinski definition) is 0. The molecule has 0 spiro atoms. The van der Waals surface area contributed by atoms with E-state index in [4.69, 9.17) is 0 Å². The molecule has 1 amide bonds. The Morgan fingerprint density at radius 1 is 0.943 bits per heavy atom. The lowest BCUT2D eigenvalue weighted by atomic mass is 10.1. The molecule has 2 aliphatic rings. The van der Waals surface area contributed by atoms with Crippen LogP contribution in [0.25, 0.3) is 10.8 Å². The maximum Gasteiger partial charge on any atom is 0.269 e. The van der Waals surface area contributed by atoms with Crippen molar-refractivity contribution < 1.29 is 9.72 Å². The highest BCUT2D eigenvalue weighted by Crippen LogP contribution is 2.49. The number of amidine groups is 1. The Kier molecular flexibility index (Phi) is 6.36. The first-order valence-corrected chi connectivity index (χ1v) is 12.9. The van der Waals surface area contributed by atoms with Gasteiger partial charge in [0, 0.05) is 35.5 Å². The van der Waals surface area contributed by atoms with Crippen LogP contribution in [0.2, 0.25) is 0 Å². The first-order chi connectivity index (χ1) is 17.0. The van der Waals surface area contributed by atoms with Crippen LogP contribution in [0, 0.1) is 10.1 Å². The van der Waals surface area contributed by atoms with Crippen molar-refractivity contribution in [3.05, 3.63) is 92.9 Å². The van der Waals surface area contributed by atoms with Gasteiger partial charge in [0.25, 0.3) is 11.6 Å². The van der Waals surface area contributed by atoms with Crippen molar-refractivity contribution in [3.8, 4) is 0 Å². The molecule has 9 heteroatoms. The highest BCUT2D eigenvalue weighted by atomic mass is 32.2. The van der Waals surface area contributed by atoms with Crippen molar-refractivity contribution in [2.45, 2.75) is 18.7 Å². The molecule has 0 saturated carbocycles. The summed E-state index contributed by atoms with van der Waals surface area (Å²) in [6.45, 7) is 5.33. The summed E-state index contributed by atoms with van der Waals surface area (Å²) in [5.41, 5.74) is 1.78. The number of nitro groups is 1. The van der Waals surface area contributed by atoms with E-state index < -0.39 is 4.92 Å². The molecule has 3 aromatic rings. The second-order valence-electron chi connectivity index (χ2n) is 7.83. The number of likely N-dealkylation sites (N-methyl/N-ethyl adjacent to an activating group) is 1. The molecule has 0 atom stereocenters. The third-order valence-electron chi connectivity index (χ3n) is 5.80. The first kappa shape index (κ1) is 23.2. The Labute approximate surface area is 211 Å². The van der Waals surface area contributed by atoms with Crippen molar-refractivity contribution in [1.29, 1.82) is 0 Å². The summed E-state index contributed by atoms with van der Waals surface area (Å²) in [7, 11) is 0. The molecule has 2 aliphatic heterocycles. The quantitative estimate of drug-likeness (QED) is 0.220. The molecule has 0 aliphatic carbocycles. The van der Waals surface area contributed by atoms with E-state index in [-0.39, 0.29) is 11.6 Å². The van der Waals surface area contributed by atoms with Crippen molar-refractivity contribution in [2.75, 3.05) is 18.0 Å². The van der Waals surface area contributed by atoms with E-state index in [2.05, 4.69) is 47.1 Å². The fraction of sp³-hybridized carbons (Fsp3) is 0.154. The monoisotopic (exact) mass is 502 g/mol. The van der Waals surface area contributed by atoms with Gasteiger partial charge in [0.2, 0.25) is 0 Å². The minimum Gasteiger partial charge on any atom is -0.335 e. The van der Waals surface area contributed by atoms with Crippen LogP contribution in [0.15, 0.2) is 92.6 Å². The number of thioether (sulfide) groups is 2. The molecule has 0 radical (unpaired) electrons. The number of nitrogens with zero attached hydrogens (tertiary/aromatic N) is 4. The van der Waals surface area contributed by atoms with Crippen LogP contribution in [0.4, 0.5) is 17.1 Å². The zero-order chi connectivity index (χ0) is 24.5. The van der Waals surface area contributed by atoms with Gasteiger partial charge < -0.3 is 4.90 Å². The molecule has 3 aromatic carbocycles. The van der Waals surface area contributed by atoms with Crippen molar-refractivity contribution in [2.24, 2.45) is 4.99 Å². The lowest BCUT2D eigenvalue weighted by molar-refractivity contribution is -0.384. The van der Waals surface area contributed by atoms with Crippen LogP contribution in [0.3, 0.4) is 0 Å². The minimum atomic E-state index is -0.445. The van der Waals surface area contributed by atoms with Gasteiger partial charge in [-0.3, -0.25) is 19.8 Å². The molecule has 0 aromatic heterocycles. The summed E-state index contributed by atoms with van der Waals surface area (Å²) < 4.78 is 0. The summed E-state index contributed by atoms with van der Waals surface area (Å²) >= 11 is 3.02. The fourth-order valence-corrected chi connectivity index (χ4v) is 6.25. The Bertz CT molecular complexity index is 1430. The number of hydrogen-bond acceptors (Lipinski definition) is 7. The maximum atomic E-state index is 13.0. The summed E-state index contributed by atoms with van der Waals surface area (Å²) in [5, 5.41) is 15.0. The van der Waals surface area contributed by atoms with E-state index in [1.807, 2.05) is 25.1 Å². The Balaban J connectivity index is 1.44. The van der Waals surface area contributed by atoms with Gasteiger partial charge >= 0.3 is 0 Å². The highest BCUT2D eigenvalue weighted by molar-refractivity contribution is 8.18. The maximum absolute atomic E-state index is 13.0. The molecule has 0 unspecified atom stereocenters. The number of amides is 1. The van der Waals surface area contributed by atoms with Crippen LogP contribution in [-0.4, -0.2) is 34.0 Å². The number of benzene rings is 3. The standard InChI is InChI=1S/C26H22N4O3S2/c1-3-28-23(34-21-14-9-17-7-5-6-8-20(17)24(21)28)16-15-22-25(31)29(4-2)26(35-22)27-18-10-12-19(13-11-18)30(32)33/h5-16H,3-4H2,1-2H3. The number of allylic oxidation sites excluding steroid dienone is 2. The van der Waals surface area contributed by atoms with E-state index in [1.54, 1.807) is 28.8 Å². The number of anilines is 1. The molecule has 1 fully saturated rings. The largest absolute Gasteiger partial charge is 0.335 e. The van der Waals surface area contributed by atoms with Crippen LogP contribution in [-0.2, 0) is 4.79 Å². The highest BCUT2D eigenvalue weighted by Gasteiger charge is 2.32. The average Bonchev–Trinajstić information content (AvgIpc) is 3.39. The van der Waals surface area contributed by atoms with E-state index >= 15 is 0 Å². The van der Waals surface area contributed by atoms with Gasteiger partial charge in [-0.1, -0.05) is 42.1 Å². The smallest absolute Gasteiger partial charge is 0.269 e. The van der Waals surface area contributed by atoms with Gasteiger partial charge in [-0.2, -0.15) is 0 Å². The number of carbonyl (C=O) groups excluding carboxylic acids is 1. The SMILES string of the molecule is CCN1C(=O)C(=CC=C2Sc3ccc4ccccc4c3N2CC)SC1=Nc1ccc([N+](=O)[O-])cc1. The van der Waals surface area contributed by atoms with Gasteiger partial charge in [-0.05, 0) is 61.3 Å². The second-order valence-corrected chi connectivity index (χ2v) is 9.91. The number of aliphatic imine (C=N–C) groups is 1. The number of nitro benzene ring substituents is 1. The van der Waals surface area contributed by atoms with Crippen LogP contribution in [0.1, 0.15) is 13.8 Å². The second kappa shape index (κ2) is 9.59. The summed E-state index contributed by atoms with van der Waals surface area (Å²) in [6.07, 6.45) is 3.87. The van der Waals surface area contributed by atoms with Gasteiger partial charge in [0.1, 0.15) is 0 Å². The summed E-state index contributed by atoms with van der Waals surface area (Å²) in [5.74, 6) is -0.0935. The summed E-state index contributed by atoms with van der Waals surface area (Å²) in [6, 6.07) is 18.7. The van der Waals surface area contributed by atoms with Gasteiger partial charge in [-0.25, -0.2) is 4.99 Å². The molecule has 0 bridgehead atoms. The van der Waals surface area contributed by atoms with E-state index in [0.717, 1.165) is 11.6 Å². The van der Waals surface area contributed by atoms with Crippen LogP contribution < -0.4 is 4.90 Å². The third kappa shape index (κ3) is 4.33. The molecular formula is C26H22N4O3S2. The number of non-ortho nitro benzene ring substituents is 1. The van der Waals surface area contributed by atoms with Crippen LogP contribution >= 0.6 is 23.5 Å². The topological polar surface area (TPSA) is 79.0 Å². The van der Waals surface area contributed by atoms with E-state index in [0.29, 0.717) is 22.3 Å². The van der Waals surface area contributed by atoms with Gasteiger partial charge in [0.05, 0.1) is 26.2 Å². The van der Waals surface area contributed by atoms with E-state index in [1.165, 1.54) is 45.2 Å². The zero-order valence-electron chi connectivity index (χ0n) is 19.2. The predicted molar refractivity (Wildman–Crippen MR) is 144 cm³/mol. The number of rotatable bonds is 5.